The van der Waals surface area contributed by atoms with Gasteiger partial charge in [-0.05, 0) is 11.1 Å². The largest absolute Gasteiger partial charge is 0.259 e. The van der Waals surface area contributed by atoms with E-state index in [2.05, 4.69) is 83.0 Å². The Kier molecular flexibility index (Phi) is 3.88. The van der Waals surface area contributed by atoms with Crippen molar-refractivity contribution in [1.29, 1.82) is 0 Å². The Morgan fingerprint density at radius 1 is 0.600 bits per heavy atom. The van der Waals surface area contributed by atoms with E-state index < -0.39 is 0 Å². The maximum atomic E-state index is 4.76. The third kappa shape index (κ3) is 2.69. The molecule has 1 N–H and O–H groups in total. The minimum absolute atomic E-state index is 0.227. The zero-order valence-electron chi connectivity index (χ0n) is 16.3. The molecule has 2 heterocycles. The van der Waals surface area contributed by atoms with Crippen LogP contribution in [0.1, 0.15) is 0 Å². The van der Waals surface area contributed by atoms with Crippen LogP contribution in [0.4, 0.5) is 0 Å². The molecule has 0 bridgehead atoms. The second-order valence-electron chi connectivity index (χ2n) is 7.61. The molecule has 0 saturated carbocycles. The molecule has 0 aliphatic carbocycles. The molecule has 140 valence electrons. The highest BCUT2D eigenvalue weighted by Gasteiger charge is 2.33. The van der Waals surface area contributed by atoms with Crippen molar-refractivity contribution in [2.45, 2.75) is 0 Å². The summed E-state index contributed by atoms with van der Waals surface area (Å²) in [4.78, 5) is 4.76. The normalized spacial score (nSPS) is 11.9. The molecule has 0 saturated heterocycles. The molecule has 4 aromatic carbocycles. The number of fused-ring (bicyclic) bond motifs is 3. The molecule has 0 spiro atoms. The lowest BCUT2D eigenvalue weighted by atomic mass is 9.39. The number of nitrogens with zero attached hydrogens (tertiary/aromatic N) is 2. The third-order valence-electron chi connectivity index (χ3n) is 5.85. The fourth-order valence-corrected chi connectivity index (χ4v) is 4.47. The summed E-state index contributed by atoms with van der Waals surface area (Å²) in [6.07, 6.45) is 0. The van der Waals surface area contributed by atoms with E-state index in [9.17, 15) is 0 Å². The number of hydrogen-bond acceptors (Lipinski definition) is 2. The van der Waals surface area contributed by atoms with Gasteiger partial charge in [-0.1, -0.05) is 120 Å². The summed E-state index contributed by atoms with van der Waals surface area (Å²) < 4.78 is 0. The van der Waals surface area contributed by atoms with E-state index in [0.29, 0.717) is 0 Å². The average molecular weight is 383 g/mol. The first-order chi connectivity index (χ1) is 14.9. The van der Waals surface area contributed by atoms with Gasteiger partial charge in [-0.2, -0.15) is 5.10 Å². The van der Waals surface area contributed by atoms with Crippen LogP contribution in [0.2, 0.25) is 0 Å². The molecule has 0 unspecified atom stereocenters. The number of rotatable bonds is 3. The van der Waals surface area contributed by atoms with E-state index >= 15 is 0 Å². The van der Waals surface area contributed by atoms with Crippen LogP contribution in [0.15, 0.2) is 103 Å². The fraction of sp³-hybridized carbons (Fsp3) is 0. The molecule has 1 aromatic heterocycles. The number of aromatic nitrogens is 3. The quantitative estimate of drug-likeness (QED) is 0.474. The van der Waals surface area contributed by atoms with Crippen LogP contribution in [0.3, 0.4) is 0 Å². The van der Waals surface area contributed by atoms with Crippen LogP contribution in [-0.2, 0) is 0 Å². The molecule has 1 aliphatic rings. The molecule has 1 aliphatic heterocycles. The monoisotopic (exact) mass is 383 g/mol. The molecule has 5 aromatic rings. The molecule has 30 heavy (non-hydrogen) atoms. The Bertz CT molecular complexity index is 1340. The second kappa shape index (κ2) is 6.85. The maximum absolute atomic E-state index is 4.76. The van der Waals surface area contributed by atoms with Gasteiger partial charge in [-0.15, -0.1) is 0 Å². The highest BCUT2D eigenvalue weighted by molar-refractivity contribution is 6.99. The van der Waals surface area contributed by atoms with Crippen molar-refractivity contribution in [3.63, 3.8) is 0 Å². The second-order valence-corrected chi connectivity index (χ2v) is 7.61. The smallest absolute Gasteiger partial charge is 0.242 e. The first-order valence-electron chi connectivity index (χ1n) is 10.1. The summed E-state index contributed by atoms with van der Waals surface area (Å²) in [7, 11) is 0. The summed E-state index contributed by atoms with van der Waals surface area (Å²) in [5.74, 6) is 1.51. The van der Waals surface area contributed by atoms with Gasteiger partial charge in [0.1, 0.15) is 0 Å². The highest BCUT2D eigenvalue weighted by atomic mass is 15.2. The molecule has 0 radical (unpaired) electrons. The fourth-order valence-electron chi connectivity index (χ4n) is 4.47. The SMILES string of the molecule is c1ccc(B2c3ccccc3-c3ccc(-c4n[nH]c(-c5ccccc5)n4)cc32)cc1. The summed E-state index contributed by atoms with van der Waals surface area (Å²) in [6.45, 7) is 0.227. The number of nitrogens with one attached hydrogen (secondary N) is 1. The van der Waals surface area contributed by atoms with E-state index in [4.69, 9.17) is 4.98 Å². The van der Waals surface area contributed by atoms with Crippen LogP contribution in [0.5, 0.6) is 0 Å². The van der Waals surface area contributed by atoms with Gasteiger partial charge >= 0.3 is 0 Å². The summed E-state index contributed by atoms with van der Waals surface area (Å²) in [6, 6.07) is 36.1. The van der Waals surface area contributed by atoms with Crippen molar-refractivity contribution in [2.75, 3.05) is 0 Å². The number of benzene rings is 4. The van der Waals surface area contributed by atoms with E-state index in [-0.39, 0.29) is 6.71 Å². The van der Waals surface area contributed by atoms with Crippen LogP contribution < -0.4 is 16.4 Å². The Labute approximate surface area is 175 Å². The van der Waals surface area contributed by atoms with Crippen molar-refractivity contribution in [3.05, 3.63) is 103 Å². The van der Waals surface area contributed by atoms with Crippen molar-refractivity contribution in [1.82, 2.24) is 15.2 Å². The predicted octanol–water partition coefficient (Wildman–Crippen LogP) is 3.64. The molecule has 0 fully saturated rings. The lowest BCUT2D eigenvalue weighted by Gasteiger charge is -2.11. The van der Waals surface area contributed by atoms with Crippen molar-refractivity contribution in [2.24, 2.45) is 0 Å². The number of aromatic amines is 1. The third-order valence-corrected chi connectivity index (χ3v) is 5.85. The number of H-pyrrole nitrogens is 1. The molecule has 0 atom stereocenters. The first kappa shape index (κ1) is 17.0. The van der Waals surface area contributed by atoms with Gasteiger partial charge in [0.05, 0.1) is 0 Å². The molecular formula is C26H18BN3. The lowest BCUT2D eigenvalue weighted by Crippen LogP contribution is -2.48. The van der Waals surface area contributed by atoms with Gasteiger partial charge in [0.2, 0.25) is 6.71 Å². The van der Waals surface area contributed by atoms with Gasteiger partial charge in [0, 0.05) is 11.1 Å². The highest BCUT2D eigenvalue weighted by Crippen LogP contribution is 2.27. The maximum Gasteiger partial charge on any atom is 0.242 e. The molecule has 4 heteroatoms. The van der Waals surface area contributed by atoms with Crippen molar-refractivity contribution in [3.8, 4) is 33.9 Å². The van der Waals surface area contributed by atoms with Crippen molar-refractivity contribution >= 4 is 23.1 Å². The van der Waals surface area contributed by atoms with Gasteiger partial charge in [0.25, 0.3) is 0 Å². The van der Waals surface area contributed by atoms with Gasteiger partial charge in [0.15, 0.2) is 11.6 Å². The summed E-state index contributed by atoms with van der Waals surface area (Å²) in [5, 5.41) is 7.59. The Balaban J connectivity index is 1.47. The van der Waals surface area contributed by atoms with Crippen LogP contribution >= 0.6 is 0 Å². The van der Waals surface area contributed by atoms with Gasteiger partial charge in [-0.25, -0.2) is 4.98 Å². The Morgan fingerprint density at radius 2 is 1.30 bits per heavy atom. The first-order valence-corrected chi connectivity index (χ1v) is 10.1. The molecular weight excluding hydrogens is 365 g/mol. The van der Waals surface area contributed by atoms with Gasteiger partial charge < -0.3 is 0 Å². The topological polar surface area (TPSA) is 41.6 Å². The minimum atomic E-state index is 0.227. The zero-order chi connectivity index (χ0) is 19.9. The van der Waals surface area contributed by atoms with Crippen LogP contribution in [0.25, 0.3) is 33.9 Å². The average Bonchev–Trinajstić information content (AvgIpc) is 3.43. The standard InChI is InChI=1S/C26H18BN3/c1-3-9-18(10-4-1)25-28-26(30-29-25)19-15-16-22-21-13-7-8-14-23(21)27(24(22)17-19)20-11-5-2-6-12-20/h1-17H,(H,28,29,30). The van der Waals surface area contributed by atoms with Crippen LogP contribution in [0, 0.1) is 0 Å². The summed E-state index contributed by atoms with van der Waals surface area (Å²) >= 11 is 0. The molecule has 0 amide bonds. The predicted molar refractivity (Wildman–Crippen MR) is 124 cm³/mol. The van der Waals surface area contributed by atoms with E-state index in [0.717, 1.165) is 22.8 Å². The van der Waals surface area contributed by atoms with Gasteiger partial charge in [-0.3, -0.25) is 5.10 Å². The van der Waals surface area contributed by atoms with E-state index in [1.165, 1.54) is 27.5 Å². The Hall–Kier alpha value is -3.92. The lowest BCUT2D eigenvalue weighted by molar-refractivity contribution is 1.10. The molecule has 3 nitrogen and oxygen atoms in total. The summed E-state index contributed by atoms with van der Waals surface area (Å²) in [5.41, 5.74) is 8.64. The van der Waals surface area contributed by atoms with Crippen molar-refractivity contribution < 1.29 is 0 Å². The minimum Gasteiger partial charge on any atom is -0.259 e. The Morgan fingerprint density at radius 3 is 2.13 bits per heavy atom. The number of hydrogen-bond donors (Lipinski definition) is 1. The van der Waals surface area contributed by atoms with Crippen LogP contribution in [-0.4, -0.2) is 21.9 Å². The molecule has 6 rings (SSSR count). The van der Waals surface area contributed by atoms with E-state index in [1.54, 1.807) is 0 Å². The zero-order valence-corrected chi connectivity index (χ0v) is 16.3. The van der Waals surface area contributed by atoms with E-state index in [1.807, 2.05) is 30.3 Å².